The third kappa shape index (κ3) is 5.18. The number of nitrogens with zero attached hydrogens (tertiary/aromatic N) is 2. The maximum atomic E-state index is 4.29. The van der Waals surface area contributed by atoms with Crippen molar-refractivity contribution < 1.29 is 0 Å². The van der Waals surface area contributed by atoms with E-state index in [4.69, 9.17) is 0 Å². The number of thiophene rings is 2. The Morgan fingerprint density at radius 2 is 0.830 bits per heavy atom. The van der Waals surface area contributed by atoms with Gasteiger partial charge in [-0.3, -0.25) is 4.98 Å². The lowest BCUT2D eigenvalue weighted by Gasteiger charge is -2.26. The monoisotopic (exact) mass is 710 g/mol. The summed E-state index contributed by atoms with van der Waals surface area (Å²) in [6, 6.07) is 62.6. The Balaban J connectivity index is 1.05. The Bertz CT molecular complexity index is 3000. The molecule has 0 fully saturated rings. The second-order valence-corrected chi connectivity index (χ2v) is 15.8. The Morgan fingerprint density at radius 1 is 0.340 bits per heavy atom. The van der Waals surface area contributed by atoms with Crippen molar-refractivity contribution in [3.63, 3.8) is 0 Å². The molecular formula is C49H30N2S2. The molecule has 0 saturated heterocycles. The van der Waals surface area contributed by atoms with E-state index >= 15 is 0 Å². The van der Waals surface area contributed by atoms with Crippen molar-refractivity contribution in [3.05, 3.63) is 182 Å². The van der Waals surface area contributed by atoms with Crippen LogP contribution in [0.15, 0.2) is 182 Å². The van der Waals surface area contributed by atoms with Gasteiger partial charge in [-0.2, -0.15) is 0 Å². The van der Waals surface area contributed by atoms with Gasteiger partial charge in [0.25, 0.3) is 0 Å². The zero-order valence-electron chi connectivity index (χ0n) is 28.5. The molecule has 248 valence electrons. The van der Waals surface area contributed by atoms with Gasteiger partial charge in [-0.05, 0) is 123 Å². The molecule has 2 nitrogen and oxygen atoms in total. The van der Waals surface area contributed by atoms with Crippen LogP contribution in [-0.4, -0.2) is 4.98 Å². The number of hydrogen-bond donors (Lipinski definition) is 0. The molecule has 3 aromatic heterocycles. The molecule has 3 heterocycles. The normalized spacial score (nSPS) is 11.8. The van der Waals surface area contributed by atoms with E-state index in [9.17, 15) is 0 Å². The van der Waals surface area contributed by atoms with Crippen LogP contribution in [0.25, 0.3) is 84.1 Å². The number of aromatic nitrogens is 1. The highest BCUT2D eigenvalue weighted by molar-refractivity contribution is 7.26. The van der Waals surface area contributed by atoms with Crippen molar-refractivity contribution in [3.8, 4) is 22.3 Å². The summed E-state index contributed by atoms with van der Waals surface area (Å²) in [4.78, 5) is 6.70. The number of anilines is 3. The van der Waals surface area contributed by atoms with E-state index in [1.807, 2.05) is 41.1 Å². The first-order valence-electron chi connectivity index (χ1n) is 17.8. The van der Waals surface area contributed by atoms with Crippen LogP contribution < -0.4 is 4.90 Å². The molecule has 53 heavy (non-hydrogen) atoms. The summed E-state index contributed by atoms with van der Waals surface area (Å²) < 4.78 is 5.31. The van der Waals surface area contributed by atoms with Crippen LogP contribution in [0.5, 0.6) is 0 Å². The lowest BCUT2D eigenvalue weighted by atomic mass is 10.0. The number of fused-ring (bicyclic) bond motifs is 8. The molecule has 11 rings (SSSR count). The van der Waals surface area contributed by atoms with E-state index in [-0.39, 0.29) is 0 Å². The number of pyridine rings is 1. The maximum Gasteiger partial charge on any atom is 0.0468 e. The molecule has 11 aromatic rings. The van der Waals surface area contributed by atoms with Crippen molar-refractivity contribution in [2.75, 3.05) is 4.90 Å². The summed E-state index contributed by atoms with van der Waals surface area (Å²) in [6.07, 6.45) is 3.72. The molecule has 0 aliphatic heterocycles. The Kier molecular flexibility index (Phi) is 6.94. The van der Waals surface area contributed by atoms with Crippen molar-refractivity contribution in [2.45, 2.75) is 0 Å². The van der Waals surface area contributed by atoms with Gasteiger partial charge in [-0.15, -0.1) is 22.7 Å². The molecule has 8 aromatic carbocycles. The molecule has 0 saturated carbocycles. The van der Waals surface area contributed by atoms with Gasteiger partial charge in [0.1, 0.15) is 0 Å². The molecule has 0 spiro atoms. The molecule has 0 bridgehead atoms. The second-order valence-electron chi connectivity index (χ2n) is 13.7. The molecule has 4 heteroatoms. The summed E-state index contributed by atoms with van der Waals surface area (Å²) in [5.74, 6) is 0. The van der Waals surface area contributed by atoms with E-state index in [1.165, 1.54) is 73.0 Å². The summed E-state index contributed by atoms with van der Waals surface area (Å²) in [7, 11) is 0. The summed E-state index contributed by atoms with van der Waals surface area (Å²) in [5.41, 5.74) is 8.03. The van der Waals surface area contributed by atoms with Crippen molar-refractivity contribution in [1.29, 1.82) is 0 Å². The number of benzene rings is 8. The lowest BCUT2D eigenvalue weighted by Crippen LogP contribution is -2.09. The number of rotatable bonds is 5. The van der Waals surface area contributed by atoms with Crippen molar-refractivity contribution >= 4 is 102 Å². The van der Waals surface area contributed by atoms with Crippen LogP contribution in [0.3, 0.4) is 0 Å². The minimum absolute atomic E-state index is 1.11. The fraction of sp³-hybridized carbons (Fsp3) is 0. The maximum absolute atomic E-state index is 4.29. The van der Waals surface area contributed by atoms with Crippen LogP contribution in [-0.2, 0) is 0 Å². The molecular weight excluding hydrogens is 681 g/mol. The summed E-state index contributed by atoms with van der Waals surface area (Å²) >= 11 is 3.74. The van der Waals surface area contributed by atoms with E-state index in [1.54, 1.807) is 0 Å². The fourth-order valence-electron chi connectivity index (χ4n) is 7.83. The van der Waals surface area contributed by atoms with Gasteiger partial charge in [-0.1, -0.05) is 91.0 Å². The van der Waals surface area contributed by atoms with Crippen LogP contribution in [0, 0.1) is 0 Å². The molecule has 0 atom stereocenters. The smallest absolute Gasteiger partial charge is 0.0468 e. The zero-order chi connectivity index (χ0) is 34.9. The summed E-state index contributed by atoms with van der Waals surface area (Å²) in [5, 5.41) is 10.3. The SMILES string of the molecule is c1cncc(-c2ccc(-c3ccc(N(c4ccc5cc6sc7ccccc7c6cc5c4)c4ccc5cc6sc7ccccc7c6cc5c4)cc3)cc2)c1. The first-order chi connectivity index (χ1) is 26.2. The van der Waals surface area contributed by atoms with Gasteiger partial charge in [-0.25, -0.2) is 0 Å². The standard InChI is InChI=1S/C49H30N2S2/c1-3-9-46-42(7-1)44-26-37-24-40(21-17-34(37)28-48(44)52-46)51(39-19-15-32(16-20-39)31-11-13-33(14-12-31)36-6-5-23-50-30-36)41-22-18-35-29-49-45(27-38(35)25-41)43-8-2-4-10-47(43)53-49/h1-30H. The van der Waals surface area contributed by atoms with Gasteiger partial charge in [0.2, 0.25) is 0 Å². The average Bonchev–Trinajstić information content (AvgIpc) is 3.77. The van der Waals surface area contributed by atoms with Crippen molar-refractivity contribution in [1.82, 2.24) is 4.98 Å². The van der Waals surface area contributed by atoms with Crippen LogP contribution >= 0.6 is 22.7 Å². The molecule has 0 aliphatic rings. The molecule has 0 amide bonds. The Labute approximate surface area is 314 Å². The minimum Gasteiger partial charge on any atom is -0.310 e. The Hall–Kier alpha value is -6.33. The van der Waals surface area contributed by atoms with Gasteiger partial charge < -0.3 is 4.90 Å². The van der Waals surface area contributed by atoms with Gasteiger partial charge in [0.05, 0.1) is 0 Å². The highest BCUT2D eigenvalue weighted by Gasteiger charge is 2.16. The first kappa shape index (κ1) is 30.3. The molecule has 0 unspecified atom stereocenters. The van der Waals surface area contributed by atoms with Gasteiger partial charge >= 0.3 is 0 Å². The predicted octanol–water partition coefficient (Wildman–Crippen LogP) is 14.9. The third-order valence-electron chi connectivity index (χ3n) is 10.5. The van der Waals surface area contributed by atoms with E-state index in [0.29, 0.717) is 0 Å². The average molecular weight is 711 g/mol. The highest BCUT2D eigenvalue weighted by atomic mass is 32.1. The predicted molar refractivity (Wildman–Crippen MR) is 231 cm³/mol. The lowest BCUT2D eigenvalue weighted by molar-refractivity contribution is 1.29. The highest BCUT2D eigenvalue weighted by Crippen LogP contribution is 2.42. The minimum atomic E-state index is 1.11. The fourth-order valence-corrected chi connectivity index (χ4v) is 10.1. The largest absolute Gasteiger partial charge is 0.310 e. The van der Waals surface area contributed by atoms with Crippen LogP contribution in [0.1, 0.15) is 0 Å². The molecule has 0 aliphatic carbocycles. The Morgan fingerprint density at radius 3 is 1.36 bits per heavy atom. The van der Waals surface area contributed by atoms with Gasteiger partial charge in [0.15, 0.2) is 0 Å². The van der Waals surface area contributed by atoms with E-state index in [2.05, 4.69) is 174 Å². The van der Waals surface area contributed by atoms with Crippen LogP contribution in [0.2, 0.25) is 0 Å². The zero-order valence-corrected chi connectivity index (χ0v) is 30.2. The van der Waals surface area contributed by atoms with Crippen LogP contribution in [0.4, 0.5) is 17.1 Å². The topological polar surface area (TPSA) is 16.1 Å². The summed E-state index contributed by atoms with van der Waals surface area (Å²) in [6.45, 7) is 0. The number of hydrogen-bond acceptors (Lipinski definition) is 4. The van der Waals surface area contributed by atoms with Gasteiger partial charge in [0, 0.05) is 69.8 Å². The first-order valence-corrected chi connectivity index (χ1v) is 19.5. The van der Waals surface area contributed by atoms with E-state index < -0.39 is 0 Å². The van der Waals surface area contributed by atoms with E-state index in [0.717, 1.165) is 28.2 Å². The third-order valence-corrected chi connectivity index (χ3v) is 12.8. The molecule has 0 radical (unpaired) electrons. The quantitative estimate of drug-likeness (QED) is 0.177. The second kappa shape index (κ2) is 12.1. The molecule has 0 N–H and O–H groups in total. The van der Waals surface area contributed by atoms with Crippen molar-refractivity contribution in [2.24, 2.45) is 0 Å².